The van der Waals surface area contributed by atoms with Gasteiger partial charge in [0.25, 0.3) is 5.91 Å². The molecule has 1 aliphatic heterocycles. The molecular weight excluding hydrogens is 132 g/mol. The number of ether oxygens (including phenoxy) is 1. The fraction of sp³-hybridized carbons (Fsp3) is 0.833. The summed E-state index contributed by atoms with van der Waals surface area (Å²) in [6.45, 7) is 3.19. The van der Waals surface area contributed by atoms with E-state index >= 15 is 0 Å². The summed E-state index contributed by atoms with van der Waals surface area (Å²) in [6.07, 6.45) is 0. The third kappa shape index (κ3) is 2.33. The van der Waals surface area contributed by atoms with E-state index in [0.29, 0.717) is 13.2 Å². The standard InChI is InChI=1S/C6H11N2O2/c7-6(9)5-8-1-3-10-4-2-8/h7H,1-5H2. The van der Waals surface area contributed by atoms with Crippen LogP contribution in [0.4, 0.5) is 0 Å². The van der Waals surface area contributed by atoms with Crippen molar-refractivity contribution < 1.29 is 9.53 Å². The zero-order chi connectivity index (χ0) is 7.40. The molecule has 1 aliphatic rings. The van der Waals surface area contributed by atoms with E-state index in [2.05, 4.69) is 0 Å². The van der Waals surface area contributed by atoms with Gasteiger partial charge >= 0.3 is 0 Å². The average Bonchev–Trinajstić information content (AvgIpc) is 1.88. The second-order valence-corrected chi connectivity index (χ2v) is 2.31. The Balaban J connectivity index is 2.19. The Kier molecular flexibility index (Phi) is 2.65. The van der Waals surface area contributed by atoms with Gasteiger partial charge in [0.05, 0.1) is 19.8 Å². The lowest BCUT2D eigenvalue weighted by Gasteiger charge is -2.24. The highest BCUT2D eigenvalue weighted by molar-refractivity contribution is 5.75. The zero-order valence-electron chi connectivity index (χ0n) is 5.80. The van der Waals surface area contributed by atoms with Gasteiger partial charge in [-0.2, -0.15) is 0 Å². The van der Waals surface area contributed by atoms with Crippen molar-refractivity contribution in [1.29, 1.82) is 0 Å². The van der Waals surface area contributed by atoms with Crippen LogP contribution in [0, 0.1) is 0 Å². The second-order valence-electron chi connectivity index (χ2n) is 2.31. The highest BCUT2D eigenvalue weighted by atomic mass is 16.5. The van der Waals surface area contributed by atoms with Crippen molar-refractivity contribution in [3.05, 3.63) is 0 Å². The number of carbonyl (C=O) groups excluding carboxylic acids is 1. The molecule has 0 spiro atoms. The number of carbonyl (C=O) groups is 1. The predicted molar refractivity (Wildman–Crippen MR) is 35.4 cm³/mol. The van der Waals surface area contributed by atoms with Crippen LogP contribution in [0.1, 0.15) is 0 Å². The molecule has 10 heavy (non-hydrogen) atoms. The van der Waals surface area contributed by atoms with Gasteiger partial charge in [-0.1, -0.05) is 0 Å². The molecule has 0 aliphatic carbocycles. The van der Waals surface area contributed by atoms with E-state index in [4.69, 9.17) is 10.5 Å². The molecule has 0 aromatic carbocycles. The minimum atomic E-state index is -0.512. The summed E-state index contributed by atoms with van der Waals surface area (Å²) < 4.78 is 5.07. The van der Waals surface area contributed by atoms with Crippen LogP contribution >= 0.6 is 0 Å². The van der Waals surface area contributed by atoms with E-state index in [1.165, 1.54) is 0 Å². The van der Waals surface area contributed by atoms with Crippen molar-refractivity contribution in [3.63, 3.8) is 0 Å². The Hall–Kier alpha value is -0.610. The van der Waals surface area contributed by atoms with Crippen LogP contribution in [0.25, 0.3) is 0 Å². The van der Waals surface area contributed by atoms with Crippen molar-refractivity contribution in [2.75, 3.05) is 32.8 Å². The molecule has 1 amide bonds. The lowest BCUT2D eigenvalue weighted by molar-refractivity contribution is -0.120. The van der Waals surface area contributed by atoms with Crippen LogP contribution < -0.4 is 5.73 Å². The smallest absolute Gasteiger partial charge is 0.252 e. The quantitative estimate of drug-likeness (QED) is 0.505. The summed E-state index contributed by atoms with van der Waals surface area (Å²) in [4.78, 5) is 12.2. The minimum absolute atomic E-state index is 0.253. The molecule has 0 saturated carbocycles. The maximum atomic E-state index is 10.3. The Morgan fingerprint density at radius 3 is 2.60 bits per heavy atom. The molecule has 1 radical (unpaired) electrons. The Morgan fingerprint density at radius 2 is 2.10 bits per heavy atom. The maximum Gasteiger partial charge on any atom is 0.252 e. The van der Waals surface area contributed by atoms with Gasteiger partial charge in [-0.05, 0) is 0 Å². The highest BCUT2D eigenvalue weighted by Gasteiger charge is 2.11. The summed E-state index contributed by atoms with van der Waals surface area (Å²) >= 11 is 0. The normalized spacial score (nSPS) is 20.8. The molecule has 0 aromatic rings. The molecule has 4 nitrogen and oxygen atoms in total. The number of amides is 1. The van der Waals surface area contributed by atoms with Crippen LogP contribution in [0.15, 0.2) is 0 Å². The molecule has 4 heteroatoms. The number of hydrogen-bond donors (Lipinski definition) is 0. The molecule has 0 bridgehead atoms. The third-order valence-electron chi connectivity index (χ3n) is 1.47. The lowest BCUT2D eigenvalue weighted by atomic mass is 10.4. The van der Waals surface area contributed by atoms with Gasteiger partial charge in [0.2, 0.25) is 0 Å². The summed E-state index contributed by atoms with van der Waals surface area (Å²) in [7, 11) is 0. The van der Waals surface area contributed by atoms with E-state index < -0.39 is 5.91 Å². The van der Waals surface area contributed by atoms with Crippen molar-refractivity contribution in [2.24, 2.45) is 0 Å². The molecule has 0 aromatic heterocycles. The molecule has 1 heterocycles. The topological polar surface area (TPSA) is 53.3 Å². The summed E-state index contributed by atoms with van der Waals surface area (Å²) in [5, 5.41) is 0. The van der Waals surface area contributed by atoms with Crippen LogP contribution in [0.5, 0.6) is 0 Å². The third-order valence-corrected chi connectivity index (χ3v) is 1.47. The maximum absolute atomic E-state index is 10.3. The fourth-order valence-electron chi connectivity index (χ4n) is 0.962. The Morgan fingerprint density at radius 1 is 1.50 bits per heavy atom. The van der Waals surface area contributed by atoms with Crippen LogP contribution in [0.2, 0.25) is 0 Å². The average molecular weight is 143 g/mol. The van der Waals surface area contributed by atoms with Crippen LogP contribution in [0.3, 0.4) is 0 Å². The predicted octanol–water partition coefficient (Wildman–Crippen LogP) is -0.872. The zero-order valence-corrected chi connectivity index (χ0v) is 5.80. The fourth-order valence-corrected chi connectivity index (χ4v) is 0.962. The SMILES string of the molecule is [NH]C(=O)CN1CCOCC1. The largest absolute Gasteiger partial charge is 0.379 e. The van der Waals surface area contributed by atoms with Gasteiger partial charge in [0, 0.05) is 13.1 Å². The first-order chi connectivity index (χ1) is 4.79. The Labute approximate surface area is 59.9 Å². The molecule has 1 rings (SSSR count). The van der Waals surface area contributed by atoms with Gasteiger partial charge in [-0.3, -0.25) is 15.4 Å². The van der Waals surface area contributed by atoms with E-state index in [1.54, 1.807) is 0 Å². The number of rotatable bonds is 2. The highest BCUT2D eigenvalue weighted by Crippen LogP contribution is 1.94. The molecule has 0 unspecified atom stereocenters. The summed E-state index contributed by atoms with van der Waals surface area (Å²) in [5.41, 5.74) is 6.69. The van der Waals surface area contributed by atoms with Gasteiger partial charge in [0.15, 0.2) is 0 Å². The second kappa shape index (κ2) is 3.53. The first kappa shape index (κ1) is 7.50. The van der Waals surface area contributed by atoms with E-state index in [-0.39, 0.29) is 6.54 Å². The van der Waals surface area contributed by atoms with Crippen molar-refractivity contribution in [1.82, 2.24) is 10.6 Å². The van der Waals surface area contributed by atoms with Crippen molar-refractivity contribution in [3.8, 4) is 0 Å². The molecule has 1 fully saturated rings. The van der Waals surface area contributed by atoms with Gasteiger partial charge in [-0.25, -0.2) is 0 Å². The molecule has 1 saturated heterocycles. The number of nitrogens with one attached hydrogen (secondary N) is 1. The number of hydrogen-bond acceptors (Lipinski definition) is 3. The summed E-state index contributed by atoms with van der Waals surface area (Å²) in [5.74, 6) is -0.512. The molecular formula is C6H11N2O2. The number of nitrogens with zero attached hydrogens (tertiary/aromatic N) is 1. The van der Waals surface area contributed by atoms with Gasteiger partial charge < -0.3 is 4.74 Å². The van der Waals surface area contributed by atoms with E-state index in [1.807, 2.05) is 4.90 Å². The molecule has 57 valence electrons. The Bertz CT molecular complexity index is 121. The molecule has 1 N–H and O–H groups in total. The van der Waals surface area contributed by atoms with Gasteiger partial charge in [0.1, 0.15) is 0 Å². The number of morpholine rings is 1. The monoisotopic (exact) mass is 143 g/mol. The first-order valence-corrected chi connectivity index (χ1v) is 3.33. The molecule has 0 atom stereocenters. The van der Waals surface area contributed by atoms with Gasteiger partial charge in [-0.15, -0.1) is 0 Å². The van der Waals surface area contributed by atoms with Crippen molar-refractivity contribution in [2.45, 2.75) is 0 Å². The van der Waals surface area contributed by atoms with E-state index in [9.17, 15) is 4.79 Å². The van der Waals surface area contributed by atoms with Crippen molar-refractivity contribution >= 4 is 5.91 Å². The van der Waals surface area contributed by atoms with E-state index in [0.717, 1.165) is 13.1 Å². The minimum Gasteiger partial charge on any atom is -0.379 e. The summed E-state index contributed by atoms with van der Waals surface area (Å²) in [6, 6.07) is 0. The van der Waals surface area contributed by atoms with Crippen LogP contribution in [-0.2, 0) is 9.53 Å². The first-order valence-electron chi connectivity index (χ1n) is 3.33. The van der Waals surface area contributed by atoms with Crippen LogP contribution in [-0.4, -0.2) is 43.7 Å². The lowest BCUT2D eigenvalue weighted by Crippen LogP contribution is -2.39.